The minimum atomic E-state index is -3.58. The average molecular weight is 316 g/mol. The summed E-state index contributed by atoms with van der Waals surface area (Å²) in [6.45, 7) is 0. The third kappa shape index (κ3) is 3.12. The summed E-state index contributed by atoms with van der Waals surface area (Å²) in [5, 5.41) is 2.19. The molecule has 0 amide bonds. The van der Waals surface area contributed by atoms with Crippen LogP contribution in [0.1, 0.15) is 0 Å². The Labute approximate surface area is 127 Å². The van der Waals surface area contributed by atoms with E-state index in [-0.39, 0.29) is 4.90 Å². The van der Waals surface area contributed by atoms with Crippen molar-refractivity contribution in [2.45, 2.75) is 4.90 Å². The zero-order valence-electron chi connectivity index (χ0n) is 10.9. The zero-order valence-corrected chi connectivity index (χ0v) is 12.6. The molecule has 0 aliphatic rings. The normalized spacial score (nSPS) is 11.2. The third-order valence-corrected chi connectivity index (χ3v) is 5.09. The van der Waals surface area contributed by atoms with E-state index >= 15 is 0 Å². The highest BCUT2D eigenvalue weighted by Gasteiger charge is 2.15. The van der Waals surface area contributed by atoms with Gasteiger partial charge in [0.2, 0.25) is 0 Å². The Morgan fingerprint density at radius 3 is 2.19 bits per heavy atom. The van der Waals surface area contributed by atoms with Crippen LogP contribution in [-0.4, -0.2) is 13.4 Å². The van der Waals surface area contributed by atoms with Crippen molar-refractivity contribution in [2.75, 3.05) is 4.72 Å². The number of sulfonamides is 1. The van der Waals surface area contributed by atoms with Crippen molar-refractivity contribution >= 4 is 26.5 Å². The smallest absolute Gasteiger partial charge is 0.255 e. The molecular formula is C15H12N2O2S2. The summed E-state index contributed by atoms with van der Waals surface area (Å²) in [6.07, 6.45) is 0. The molecule has 0 saturated carbocycles. The first kappa shape index (κ1) is 13.8. The number of anilines is 1. The van der Waals surface area contributed by atoms with Gasteiger partial charge in [-0.3, -0.25) is 4.72 Å². The average Bonchev–Trinajstić information content (AvgIpc) is 2.97. The van der Waals surface area contributed by atoms with Crippen LogP contribution in [0, 0.1) is 0 Å². The molecule has 4 nitrogen and oxygen atoms in total. The molecule has 0 aliphatic carbocycles. The minimum absolute atomic E-state index is 0.224. The number of benzene rings is 2. The van der Waals surface area contributed by atoms with Gasteiger partial charge in [0.1, 0.15) is 0 Å². The number of aromatic nitrogens is 1. The van der Waals surface area contributed by atoms with Crippen LogP contribution in [0.3, 0.4) is 0 Å². The van der Waals surface area contributed by atoms with Crippen molar-refractivity contribution in [1.82, 2.24) is 4.98 Å². The number of rotatable bonds is 4. The molecule has 3 aromatic rings. The lowest BCUT2D eigenvalue weighted by Gasteiger charge is -2.04. The van der Waals surface area contributed by atoms with E-state index in [0.29, 0.717) is 5.13 Å². The highest BCUT2D eigenvalue weighted by Crippen LogP contribution is 2.26. The van der Waals surface area contributed by atoms with Crippen LogP contribution in [0.25, 0.3) is 11.3 Å². The van der Waals surface area contributed by atoms with Crippen LogP contribution in [-0.2, 0) is 10.0 Å². The van der Waals surface area contributed by atoms with Gasteiger partial charge in [0.15, 0.2) is 5.13 Å². The molecular weight excluding hydrogens is 304 g/mol. The first-order valence-corrected chi connectivity index (χ1v) is 8.60. The fraction of sp³-hybridized carbons (Fsp3) is 0. The standard InChI is InChI=1S/C15H12N2O2S2/c18-21(19,13-9-5-2-6-10-13)17-15-16-14(11-20-15)12-7-3-1-4-8-12/h1-11H,(H,16,17). The number of hydrogen-bond acceptors (Lipinski definition) is 4. The summed E-state index contributed by atoms with van der Waals surface area (Å²) >= 11 is 1.26. The summed E-state index contributed by atoms with van der Waals surface area (Å²) in [7, 11) is -3.58. The Balaban J connectivity index is 1.85. The Bertz CT molecular complexity index is 828. The SMILES string of the molecule is O=S(=O)(Nc1nc(-c2ccccc2)cs1)c1ccccc1. The number of thiazole rings is 1. The maximum Gasteiger partial charge on any atom is 0.263 e. The lowest BCUT2D eigenvalue weighted by atomic mass is 10.2. The Morgan fingerprint density at radius 1 is 0.905 bits per heavy atom. The van der Waals surface area contributed by atoms with Gasteiger partial charge in [0.05, 0.1) is 10.6 Å². The highest BCUT2D eigenvalue weighted by atomic mass is 32.2. The summed E-state index contributed by atoms with van der Waals surface area (Å²) in [5.41, 5.74) is 1.71. The van der Waals surface area contributed by atoms with Gasteiger partial charge in [-0.25, -0.2) is 13.4 Å². The topological polar surface area (TPSA) is 59.1 Å². The third-order valence-electron chi connectivity index (χ3n) is 2.85. The molecule has 1 heterocycles. The fourth-order valence-electron chi connectivity index (χ4n) is 1.84. The summed E-state index contributed by atoms with van der Waals surface area (Å²) < 4.78 is 26.9. The van der Waals surface area contributed by atoms with Crippen molar-refractivity contribution in [3.63, 3.8) is 0 Å². The molecule has 0 bridgehead atoms. The van der Waals surface area contributed by atoms with Crippen LogP contribution < -0.4 is 4.72 Å². The van der Waals surface area contributed by atoms with Crippen molar-refractivity contribution in [3.8, 4) is 11.3 Å². The number of hydrogen-bond donors (Lipinski definition) is 1. The van der Waals surface area contributed by atoms with Gasteiger partial charge in [0.25, 0.3) is 10.0 Å². The van der Waals surface area contributed by atoms with E-state index in [1.807, 2.05) is 35.7 Å². The Morgan fingerprint density at radius 2 is 1.52 bits per heavy atom. The Kier molecular flexibility index (Phi) is 3.72. The monoisotopic (exact) mass is 316 g/mol. The predicted molar refractivity (Wildman–Crippen MR) is 84.8 cm³/mol. The van der Waals surface area contributed by atoms with E-state index in [1.165, 1.54) is 11.3 Å². The molecule has 0 aliphatic heterocycles. The van der Waals surface area contributed by atoms with Crippen LogP contribution in [0.15, 0.2) is 70.9 Å². The largest absolute Gasteiger partial charge is 0.263 e. The predicted octanol–water partition coefficient (Wildman–Crippen LogP) is 3.61. The van der Waals surface area contributed by atoms with E-state index in [2.05, 4.69) is 9.71 Å². The lowest BCUT2D eigenvalue weighted by Crippen LogP contribution is -2.12. The molecule has 1 aromatic heterocycles. The molecule has 0 saturated heterocycles. The second-order valence-corrected chi connectivity index (χ2v) is 6.86. The van der Waals surface area contributed by atoms with Crippen molar-refractivity contribution in [2.24, 2.45) is 0 Å². The maximum atomic E-state index is 12.2. The summed E-state index contributed by atoms with van der Waals surface area (Å²) in [6, 6.07) is 17.9. The molecule has 0 spiro atoms. The van der Waals surface area contributed by atoms with E-state index in [0.717, 1.165) is 11.3 Å². The molecule has 0 radical (unpaired) electrons. The molecule has 106 valence electrons. The second-order valence-electron chi connectivity index (χ2n) is 4.32. The summed E-state index contributed by atoms with van der Waals surface area (Å²) in [4.78, 5) is 4.54. The first-order chi connectivity index (χ1) is 10.1. The van der Waals surface area contributed by atoms with E-state index in [1.54, 1.807) is 30.3 Å². The number of nitrogens with one attached hydrogen (secondary N) is 1. The van der Waals surface area contributed by atoms with Gasteiger partial charge in [-0.2, -0.15) is 0 Å². The summed E-state index contributed by atoms with van der Waals surface area (Å²) in [5.74, 6) is 0. The van der Waals surface area contributed by atoms with Crippen molar-refractivity contribution in [1.29, 1.82) is 0 Å². The molecule has 21 heavy (non-hydrogen) atoms. The molecule has 0 atom stereocenters. The molecule has 6 heteroatoms. The van der Waals surface area contributed by atoms with Gasteiger partial charge in [0, 0.05) is 10.9 Å². The van der Waals surface area contributed by atoms with Gasteiger partial charge in [-0.05, 0) is 12.1 Å². The van der Waals surface area contributed by atoms with Gasteiger partial charge in [-0.15, -0.1) is 11.3 Å². The van der Waals surface area contributed by atoms with E-state index < -0.39 is 10.0 Å². The molecule has 0 fully saturated rings. The highest BCUT2D eigenvalue weighted by molar-refractivity contribution is 7.93. The van der Waals surface area contributed by atoms with E-state index in [9.17, 15) is 8.42 Å². The molecule has 3 rings (SSSR count). The first-order valence-electron chi connectivity index (χ1n) is 6.24. The lowest BCUT2D eigenvalue weighted by molar-refractivity contribution is 0.601. The van der Waals surface area contributed by atoms with Crippen LogP contribution in [0.2, 0.25) is 0 Å². The number of nitrogens with zero attached hydrogens (tertiary/aromatic N) is 1. The van der Waals surface area contributed by atoms with E-state index in [4.69, 9.17) is 0 Å². The molecule has 0 unspecified atom stereocenters. The minimum Gasteiger partial charge on any atom is -0.255 e. The Hall–Kier alpha value is -2.18. The van der Waals surface area contributed by atoms with Gasteiger partial charge in [-0.1, -0.05) is 48.5 Å². The van der Waals surface area contributed by atoms with Crippen LogP contribution >= 0.6 is 11.3 Å². The zero-order chi connectivity index (χ0) is 14.7. The van der Waals surface area contributed by atoms with Crippen LogP contribution in [0.4, 0.5) is 5.13 Å². The second kappa shape index (κ2) is 5.67. The van der Waals surface area contributed by atoms with Crippen LogP contribution in [0.5, 0.6) is 0 Å². The van der Waals surface area contributed by atoms with Gasteiger partial charge >= 0.3 is 0 Å². The maximum absolute atomic E-state index is 12.2. The quantitative estimate of drug-likeness (QED) is 0.800. The van der Waals surface area contributed by atoms with Gasteiger partial charge < -0.3 is 0 Å². The van der Waals surface area contributed by atoms with Crippen molar-refractivity contribution in [3.05, 3.63) is 66.0 Å². The fourth-order valence-corrected chi connectivity index (χ4v) is 3.83. The molecule has 1 N–H and O–H groups in total. The molecule has 2 aromatic carbocycles. The van der Waals surface area contributed by atoms with Crippen molar-refractivity contribution < 1.29 is 8.42 Å².